The van der Waals surface area contributed by atoms with Gasteiger partial charge in [0.2, 0.25) is 0 Å². The SMILES string of the molecule is S=C(NCCc1ccc(Br)cc1)NC1=CCCC=C1. The first-order valence-corrected chi connectivity index (χ1v) is 7.60. The van der Waals surface area contributed by atoms with E-state index >= 15 is 0 Å². The molecule has 100 valence electrons. The predicted molar refractivity (Wildman–Crippen MR) is 88.0 cm³/mol. The Labute approximate surface area is 128 Å². The maximum Gasteiger partial charge on any atom is 0.170 e. The Hall–Kier alpha value is -1.13. The average Bonchev–Trinajstić information content (AvgIpc) is 2.42. The molecule has 4 heteroatoms. The van der Waals surface area contributed by atoms with E-state index in [9.17, 15) is 0 Å². The van der Waals surface area contributed by atoms with E-state index in [4.69, 9.17) is 12.2 Å². The molecule has 0 atom stereocenters. The lowest BCUT2D eigenvalue weighted by Gasteiger charge is -2.13. The summed E-state index contributed by atoms with van der Waals surface area (Å²) in [5.41, 5.74) is 2.39. The third-order valence-electron chi connectivity index (χ3n) is 2.87. The normalized spacial score (nSPS) is 13.8. The zero-order valence-corrected chi connectivity index (χ0v) is 13.1. The minimum atomic E-state index is 0.690. The lowest BCUT2D eigenvalue weighted by atomic mass is 10.1. The van der Waals surface area contributed by atoms with E-state index in [1.807, 2.05) is 0 Å². The Bertz CT molecular complexity index is 491. The van der Waals surface area contributed by atoms with Gasteiger partial charge >= 0.3 is 0 Å². The maximum atomic E-state index is 5.27. The number of allylic oxidation sites excluding steroid dienone is 3. The summed E-state index contributed by atoms with van der Waals surface area (Å²) in [5.74, 6) is 0. The molecule has 1 aromatic carbocycles. The molecule has 0 heterocycles. The van der Waals surface area contributed by atoms with Gasteiger partial charge in [0.15, 0.2) is 5.11 Å². The zero-order valence-electron chi connectivity index (χ0n) is 10.7. The second kappa shape index (κ2) is 7.46. The second-order valence-electron chi connectivity index (χ2n) is 4.40. The fraction of sp³-hybridized carbons (Fsp3) is 0.267. The second-order valence-corrected chi connectivity index (χ2v) is 5.72. The molecule has 1 aliphatic carbocycles. The van der Waals surface area contributed by atoms with Gasteiger partial charge in [-0.15, -0.1) is 0 Å². The van der Waals surface area contributed by atoms with Gasteiger partial charge in [-0.3, -0.25) is 0 Å². The number of hydrogen-bond acceptors (Lipinski definition) is 1. The van der Waals surface area contributed by atoms with Gasteiger partial charge < -0.3 is 10.6 Å². The third kappa shape index (κ3) is 5.17. The highest BCUT2D eigenvalue weighted by Crippen LogP contribution is 2.10. The molecular formula is C15H17BrN2S. The van der Waals surface area contributed by atoms with Crippen molar-refractivity contribution in [1.29, 1.82) is 0 Å². The van der Waals surface area contributed by atoms with Crippen molar-refractivity contribution in [3.05, 3.63) is 58.2 Å². The highest BCUT2D eigenvalue weighted by atomic mass is 79.9. The predicted octanol–water partition coefficient (Wildman–Crippen LogP) is 3.69. The van der Waals surface area contributed by atoms with Crippen molar-refractivity contribution in [2.45, 2.75) is 19.3 Å². The van der Waals surface area contributed by atoms with Crippen LogP contribution in [0.25, 0.3) is 0 Å². The van der Waals surface area contributed by atoms with Gasteiger partial charge in [0, 0.05) is 16.7 Å². The minimum absolute atomic E-state index is 0.690. The Morgan fingerprint density at radius 3 is 2.68 bits per heavy atom. The van der Waals surface area contributed by atoms with Crippen LogP contribution in [0.4, 0.5) is 0 Å². The fourth-order valence-corrected chi connectivity index (χ4v) is 2.34. The Balaban J connectivity index is 1.70. The first-order chi connectivity index (χ1) is 9.24. The first kappa shape index (κ1) is 14.3. The number of halogens is 1. The average molecular weight is 337 g/mol. The van der Waals surface area contributed by atoms with Gasteiger partial charge in [-0.05, 0) is 55.3 Å². The van der Waals surface area contributed by atoms with Crippen LogP contribution in [0.1, 0.15) is 18.4 Å². The molecular weight excluding hydrogens is 320 g/mol. The van der Waals surface area contributed by atoms with E-state index in [1.54, 1.807) is 0 Å². The maximum absolute atomic E-state index is 5.27. The van der Waals surface area contributed by atoms with Crippen molar-refractivity contribution in [2.75, 3.05) is 6.54 Å². The van der Waals surface area contributed by atoms with Crippen molar-refractivity contribution in [3.63, 3.8) is 0 Å². The number of rotatable bonds is 4. The van der Waals surface area contributed by atoms with Gasteiger partial charge in [-0.2, -0.15) is 0 Å². The fourth-order valence-electron chi connectivity index (χ4n) is 1.85. The van der Waals surface area contributed by atoms with Crippen molar-refractivity contribution in [1.82, 2.24) is 10.6 Å². The van der Waals surface area contributed by atoms with Crippen LogP contribution in [0.3, 0.4) is 0 Å². The van der Waals surface area contributed by atoms with Crippen LogP contribution in [-0.4, -0.2) is 11.7 Å². The molecule has 0 unspecified atom stereocenters. The molecule has 0 saturated carbocycles. The van der Waals surface area contributed by atoms with E-state index in [-0.39, 0.29) is 0 Å². The minimum Gasteiger partial charge on any atom is -0.362 e. The first-order valence-electron chi connectivity index (χ1n) is 6.40. The summed E-state index contributed by atoms with van der Waals surface area (Å²) >= 11 is 8.70. The van der Waals surface area contributed by atoms with Crippen LogP contribution < -0.4 is 10.6 Å². The van der Waals surface area contributed by atoms with Gasteiger partial charge in [0.1, 0.15) is 0 Å². The summed E-state index contributed by atoms with van der Waals surface area (Å²) < 4.78 is 1.11. The Morgan fingerprint density at radius 2 is 2.00 bits per heavy atom. The van der Waals surface area contributed by atoms with E-state index in [0.29, 0.717) is 5.11 Å². The summed E-state index contributed by atoms with van der Waals surface area (Å²) in [4.78, 5) is 0. The molecule has 19 heavy (non-hydrogen) atoms. The van der Waals surface area contributed by atoms with Crippen LogP contribution >= 0.6 is 28.1 Å². The molecule has 2 rings (SSSR count). The van der Waals surface area contributed by atoms with Crippen LogP contribution in [0.2, 0.25) is 0 Å². The summed E-state index contributed by atoms with van der Waals surface area (Å²) in [6, 6.07) is 8.36. The van der Waals surface area contributed by atoms with E-state index < -0.39 is 0 Å². The summed E-state index contributed by atoms with van der Waals surface area (Å²) in [6.07, 6.45) is 9.57. The number of thiocarbonyl (C=S) groups is 1. The molecule has 1 aliphatic rings. The third-order valence-corrected chi connectivity index (χ3v) is 3.64. The quantitative estimate of drug-likeness (QED) is 0.820. The topological polar surface area (TPSA) is 24.1 Å². The standard InChI is InChI=1S/C15H17BrN2S/c16-13-8-6-12(7-9-13)10-11-17-15(19)18-14-4-2-1-3-5-14/h2,4-9H,1,3,10-11H2,(H2,17,18,19). The van der Waals surface area contributed by atoms with Crippen LogP contribution in [0.5, 0.6) is 0 Å². The smallest absolute Gasteiger partial charge is 0.170 e. The number of benzene rings is 1. The Morgan fingerprint density at radius 1 is 1.21 bits per heavy atom. The lowest BCUT2D eigenvalue weighted by molar-refractivity contribution is 0.849. The molecule has 0 saturated heterocycles. The zero-order chi connectivity index (χ0) is 13.5. The van der Waals surface area contributed by atoms with Crippen LogP contribution in [0.15, 0.2) is 52.7 Å². The van der Waals surface area contributed by atoms with Gasteiger partial charge in [-0.1, -0.05) is 40.2 Å². The number of nitrogens with one attached hydrogen (secondary N) is 2. The molecule has 2 N–H and O–H groups in total. The molecule has 0 aliphatic heterocycles. The van der Waals surface area contributed by atoms with Gasteiger partial charge in [0.05, 0.1) is 0 Å². The van der Waals surface area contributed by atoms with Crippen LogP contribution in [0, 0.1) is 0 Å². The number of hydrogen-bond donors (Lipinski definition) is 2. The summed E-state index contributed by atoms with van der Waals surface area (Å²) in [6.45, 7) is 0.838. The van der Waals surface area contributed by atoms with Crippen molar-refractivity contribution >= 4 is 33.3 Å². The molecule has 0 spiro atoms. The van der Waals surface area contributed by atoms with E-state index in [1.165, 1.54) is 5.56 Å². The van der Waals surface area contributed by atoms with Crippen LogP contribution in [-0.2, 0) is 6.42 Å². The molecule has 0 bridgehead atoms. The van der Waals surface area contributed by atoms with Gasteiger partial charge in [0.25, 0.3) is 0 Å². The summed E-state index contributed by atoms with van der Waals surface area (Å²) in [7, 11) is 0. The lowest BCUT2D eigenvalue weighted by Crippen LogP contribution is -2.35. The monoisotopic (exact) mass is 336 g/mol. The van der Waals surface area contributed by atoms with E-state index in [0.717, 1.165) is 36.0 Å². The molecule has 2 nitrogen and oxygen atoms in total. The highest BCUT2D eigenvalue weighted by Gasteiger charge is 2.00. The highest BCUT2D eigenvalue weighted by molar-refractivity contribution is 9.10. The Kier molecular flexibility index (Phi) is 5.61. The molecule has 0 radical (unpaired) electrons. The van der Waals surface area contributed by atoms with E-state index in [2.05, 4.69) is 69.1 Å². The van der Waals surface area contributed by atoms with Crippen molar-refractivity contribution < 1.29 is 0 Å². The molecule has 0 aromatic heterocycles. The molecule has 0 fully saturated rings. The van der Waals surface area contributed by atoms with Crippen molar-refractivity contribution in [2.24, 2.45) is 0 Å². The van der Waals surface area contributed by atoms with Crippen molar-refractivity contribution in [3.8, 4) is 0 Å². The summed E-state index contributed by atoms with van der Waals surface area (Å²) in [5, 5.41) is 7.12. The van der Waals surface area contributed by atoms with Gasteiger partial charge in [-0.25, -0.2) is 0 Å². The molecule has 0 amide bonds. The molecule has 1 aromatic rings. The largest absolute Gasteiger partial charge is 0.362 e.